The minimum Gasteiger partial charge on any atom is -0.467 e. The number of halogens is 1. The Morgan fingerprint density at radius 2 is 1.89 bits per heavy atom. The molecule has 90 valence electrons. The second-order valence-corrected chi connectivity index (χ2v) is 4.30. The van der Waals surface area contributed by atoms with Crippen molar-refractivity contribution in [1.82, 2.24) is 0 Å². The first-order valence-electron chi connectivity index (χ1n) is 5.75. The van der Waals surface area contributed by atoms with E-state index in [4.69, 9.17) is 4.74 Å². The van der Waals surface area contributed by atoms with E-state index in [2.05, 4.69) is 0 Å². The summed E-state index contributed by atoms with van der Waals surface area (Å²) in [7, 11) is 0. The Balaban J connectivity index is 2.15. The highest BCUT2D eigenvalue weighted by Crippen LogP contribution is 2.44. The van der Waals surface area contributed by atoms with Crippen molar-refractivity contribution in [2.75, 3.05) is 6.61 Å². The van der Waals surface area contributed by atoms with Gasteiger partial charge in [-0.2, -0.15) is 0 Å². The van der Waals surface area contributed by atoms with E-state index in [1.165, 1.54) is 12.1 Å². The summed E-state index contributed by atoms with van der Waals surface area (Å²) in [6.07, 6.45) is 0. The number of benzene rings is 2. The van der Waals surface area contributed by atoms with Gasteiger partial charge < -0.3 is 4.74 Å². The number of carbonyl (C=O) groups excluding carboxylic acids is 1. The molecule has 0 saturated heterocycles. The van der Waals surface area contributed by atoms with Crippen LogP contribution in [0.15, 0.2) is 42.5 Å². The molecule has 1 atom stereocenters. The monoisotopic (exact) mass is 242 g/mol. The van der Waals surface area contributed by atoms with Crippen LogP contribution >= 0.6 is 0 Å². The summed E-state index contributed by atoms with van der Waals surface area (Å²) in [5.41, 5.74) is 4.08. The SMILES string of the molecule is O=COCC1c2ccccc2-c2ccc(F)cc21. The van der Waals surface area contributed by atoms with Crippen molar-refractivity contribution in [3.63, 3.8) is 0 Å². The van der Waals surface area contributed by atoms with Gasteiger partial charge in [-0.3, -0.25) is 4.79 Å². The molecule has 0 spiro atoms. The molecule has 2 nitrogen and oxygen atoms in total. The molecule has 3 heteroatoms. The van der Waals surface area contributed by atoms with Gasteiger partial charge in [0.15, 0.2) is 0 Å². The van der Waals surface area contributed by atoms with E-state index in [1.54, 1.807) is 6.07 Å². The van der Waals surface area contributed by atoms with Crippen LogP contribution in [0, 0.1) is 5.82 Å². The predicted octanol–water partition coefficient (Wildman–Crippen LogP) is 3.11. The van der Waals surface area contributed by atoms with Gasteiger partial charge in [0.05, 0.1) is 0 Å². The van der Waals surface area contributed by atoms with Crippen LogP contribution in [0.2, 0.25) is 0 Å². The number of hydrogen-bond acceptors (Lipinski definition) is 2. The van der Waals surface area contributed by atoms with Gasteiger partial charge in [0.1, 0.15) is 12.4 Å². The highest BCUT2D eigenvalue weighted by Gasteiger charge is 2.28. The molecule has 2 aromatic carbocycles. The lowest BCUT2D eigenvalue weighted by Gasteiger charge is -2.11. The van der Waals surface area contributed by atoms with E-state index in [-0.39, 0.29) is 18.3 Å². The maximum absolute atomic E-state index is 13.4. The van der Waals surface area contributed by atoms with Crippen molar-refractivity contribution in [2.45, 2.75) is 5.92 Å². The van der Waals surface area contributed by atoms with Crippen LogP contribution in [0.25, 0.3) is 11.1 Å². The van der Waals surface area contributed by atoms with Crippen LogP contribution in [0.4, 0.5) is 4.39 Å². The number of carbonyl (C=O) groups is 1. The van der Waals surface area contributed by atoms with E-state index in [1.807, 2.05) is 24.3 Å². The van der Waals surface area contributed by atoms with Crippen LogP contribution in [-0.2, 0) is 9.53 Å². The molecular weight excluding hydrogens is 231 g/mol. The van der Waals surface area contributed by atoms with E-state index in [0.29, 0.717) is 6.47 Å². The molecule has 0 saturated carbocycles. The van der Waals surface area contributed by atoms with Crippen LogP contribution in [0.1, 0.15) is 17.0 Å². The second kappa shape index (κ2) is 4.26. The summed E-state index contributed by atoms with van der Waals surface area (Å²) in [6.45, 7) is 0.677. The zero-order valence-corrected chi connectivity index (χ0v) is 9.60. The van der Waals surface area contributed by atoms with Gasteiger partial charge in [-0.15, -0.1) is 0 Å². The van der Waals surface area contributed by atoms with Gasteiger partial charge in [-0.25, -0.2) is 4.39 Å². The first kappa shape index (κ1) is 11.0. The molecule has 3 rings (SSSR count). The van der Waals surface area contributed by atoms with Crippen molar-refractivity contribution < 1.29 is 13.9 Å². The Morgan fingerprint density at radius 1 is 1.11 bits per heavy atom. The van der Waals surface area contributed by atoms with Gasteiger partial charge in [-0.05, 0) is 34.4 Å². The van der Waals surface area contributed by atoms with E-state index in [0.717, 1.165) is 22.3 Å². The normalized spacial score (nSPS) is 15.9. The zero-order valence-electron chi connectivity index (χ0n) is 9.60. The van der Waals surface area contributed by atoms with Crippen LogP contribution in [0.3, 0.4) is 0 Å². The van der Waals surface area contributed by atoms with Crippen LogP contribution in [0.5, 0.6) is 0 Å². The summed E-state index contributed by atoms with van der Waals surface area (Å²) in [6, 6.07) is 12.7. The molecule has 0 N–H and O–H groups in total. The number of rotatable bonds is 3. The third-order valence-corrected chi connectivity index (χ3v) is 3.35. The van der Waals surface area contributed by atoms with Crippen LogP contribution < -0.4 is 0 Å². The molecule has 1 aliphatic rings. The molecule has 0 fully saturated rings. The summed E-state index contributed by atoms with van der Waals surface area (Å²) in [5, 5.41) is 0. The summed E-state index contributed by atoms with van der Waals surface area (Å²) >= 11 is 0. The van der Waals surface area contributed by atoms with Crippen molar-refractivity contribution in [2.24, 2.45) is 0 Å². The minimum absolute atomic E-state index is 0.0721. The largest absolute Gasteiger partial charge is 0.467 e. The maximum atomic E-state index is 13.4. The van der Waals surface area contributed by atoms with E-state index < -0.39 is 0 Å². The van der Waals surface area contributed by atoms with Crippen molar-refractivity contribution in [1.29, 1.82) is 0 Å². The fourth-order valence-electron chi connectivity index (χ4n) is 2.60. The Morgan fingerprint density at radius 3 is 2.72 bits per heavy atom. The van der Waals surface area contributed by atoms with E-state index in [9.17, 15) is 9.18 Å². The lowest BCUT2D eigenvalue weighted by atomic mass is 9.98. The fourth-order valence-corrected chi connectivity index (χ4v) is 2.60. The van der Waals surface area contributed by atoms with Gasteiger partial charge in [-0.1, -0.05) is 30.3 Å². The van der Waals surface area contributed by atoms with Crippen molar-refractivity contribution in [3.05, 3.63) is 59.4 Å². The molecule has 1 unspecified atom stereocenters. The smallest absolute Gasteiger partial charge is 0.293 e. The summed E-state index contributed by atoms with van der Waals surface area (Å²) in [4.78, 5) is 10.4. The zero-order chi connectivity index (χ0) is 12.5. The van der Waals surface area contributed by atoms with Gasteiger partial charge >= 0.3 is 0 Å². The maximum Gasteiger partial charge on any atom is 0.293 e. The Bertz CT molecular complexity index is 607. The molecule has 2 aromatic rings. The molecule has 0 bridgehead atoms. The molecule has 0 amide bonds. The average molecular weight is 242 g/mol. The average Bonchev–Trinajstić information content (AvgIpc) is 2.70. The van der Waals surface area contributed by atoms with Gasteiger partial charge in [0, 0.05) is 5.92 Å². The molecule has 0 heterocycles. The third-order valence-electron chi connectivity index (χ3n) is 3.35. The summed E-state index contributed by atoms with van der Waals surface area (Å²) in [5.74, 6) is -0.338. The number of ether oxygens (including phenoxy) is 1. The molecule has 0 aromatic heterocycles. The topological polar surface area (TPSA) is 26.3 Å². The molecule has 1 aliphatic carbocycles. The Kier molecular flexibility index (Phi) is 2.59. The predicted molar refractivity (Wildman–Crippen MR) is 65.7 cm³/mol. The number of fused-ring (bicyclic) bond motifs is 3. The Hall–Kier alpha value is -2.16. The van der Waals surface area contributed by atoms with Gasteiger partial charge in [0.25, 0.3) is 6.47 Å². The molecule has 0 radical (unpaired) electrons. The summed E-state index contributed by atoms with van der Waals surface area (Å²) < 4.78 is 18.2. The molecule has 0 aliphatic heterocycles. The third kappa shape index (κ3) is 1.59. The highest BCUT2D eigenvalue weighted by molar-refractivity contribution is 5.78. The first-order chi connectivity index (χ1) is 8.81. The van der Waals surface area contributed by atoms with Gasteiger partial charge in [0.2, 0.25) is 0 Å². The highest BCUT2D eigenvalue weighted by atomic mass is 19.1. The molecule has 18 heavy (non-hydrogen) atoms. The Labute approximate surface area is 104 Å². The number of hydrogen-bond donors (Lipinski definition) is 0. The lowest BCUT2D eigenvalue weighted by Crippen LogP contribution is -2.06. The first-order valence-corrected chi connectivity index (χ1v) is 5.75. The quantitative estimate of drug-likeness (QED) is 0.773. The van der Waals surface area contributed by atoms with Crippen molar-refractivity contribution in [3.8, 4) is 11.1 Å². The van der Waals surface area contributed by atoms with E-state index >= 15 is 0 Å². The minimum atomic E-state index is -0.266. The second-order valence-electron chi connectivity index (χ2n) is 4.30. The standard InChI is InChI=1S/C15H11FO2/c16-10-5-6-13-11-3-1-2-4-12(11)15(8-18-9-17)14(13)7-10/h1-7,9,15H,8H2. The van der Waals surface area contributed by atoms with Crippen LogP contribution in [-0.4, -0.2) is 13.1 Å². The molecular formula is C15H11FO2. The lowest BCUT2D eigenvalue weighted by molar-refractivity contribution is -0.128. The fraction of sp³-hybridized carbons (Fsp3) is 0.133. The van der Waals surface area contributed by atoms with Crippen molar-refractivity contribution >= 4 is 6.47 Å².